The molecule has 222 valence electrons. The maximum atomic E-state index is 11.2. The first-order valence-electron chi connectivity index (χ1n) is 14.7. The minimum absolute atomic E-state index is 0.117. The Morgan fingerprint density at radius 2 is 1.48 bits per heavy atom. The van der Waals surface area contributed by atoms with Crippen LogP contribution < -0.4 is 21.3 Å². The van der Waals surface area contributed by atoms with Gasteiger partial charge in [0, 0.05) is 31.7 Å². The van der Waals surface area contributed by atoms with E-state index in [4.69, 9.17) is 4.63 Å². The third-order valence-electron chi connectivity index (χ3n) is 7.44. The molecule has 0 radical (unpaired) electrons. The van der Waals surface area contributed by atoms with E-state index >= 15 is 0 Å². The molecular formula is C29H38N10O3. The molecule has 1 fully saturated rings. The summed E-state index contributed by atoms with van der Waals surface area (Å²) in [6.45, 7) is 4.19. The Hall–Kier alpha value is -4.55. The summed E-state index contributed by atoms with van der Waals surface area (Å²) in [5.74, 6) is 1.74. The van der Waals surface area contributed by atoms with Gasteiger partial charge in [-0.25, -0.2) is 4.63 Å². The first-order chi connectivity index (χ1) is 20.5. The number of fused-ring (bicyclic) bond motifs is 1. The fraction of sp³-hybridized carbons (Fsp3) is 0.483. The van der Waals surface area contributed by atoms with Gasteiger partial charge in [-0.2, -0.15) is 15.0 Å². The Balaban J connectivity index is 1.08. The molecule has 4 N–H and O–H groups in total. The van der Waals surface area contributed by atoms with Crippen LogP contribution in [0.25, 0.3) is 11.0 Å². The Kier molecular flexibility index (Phi) is 9.91. The van der Waals surface area contributed by atoms with E-state index in [-0.39, 0.29) is 11.2 Å². The van der Waals surface area contributed by atoms with E-state index in [9.17, 15) is 10.1 Å². The number of nitro benzene ring substituents is 1. The van der Waals surface area contributed by atoms with Crippen molar-refractivity contribution in [1.29, 1.82) is 0 Å². The Morgan fingerprint density at radius 3 is 2.21 bits per heavy atom. The van der Waals surface area contributed by atoms with Crippen LogP contribution in [0.4, 0.5) is 29.2 Å². The number of hydrogen-bond donors (Lipinski definition) is 4. The second-order valence-electron chi connectivity index (χ2n) is 10.7. The van der Waals surface area contributed by atoms with Crippen LogP contribution in [-0.4, -0.2) is 49.3 Å². The summed E-state index contributed by atoms with van der Waals surface area (Å²) < 4.78 is 4.72. The molecule has 1 saturated carbocycles. The van der Waals surface area contributed by atoms with Crippen molar-refractivity contribution in [1.82, 2.24) is 25.3 Å². The number of aryl methyl sites for hydroxylation is 1. The molecule has 0 spiro atoms. The Bertz CT molecular complexity index is 1450. The third-order valence-corrected chi connectivity index (χ3v) is 7.44. The maximum Gasteiger partial charge on any atom is 0.300 e. The minimum atomic E-state index is -0.488. The molecule has 13 nitrogen and oxygen atoms in total. The predicted molar refractivity (Wildman–Crippen MR) is 163 cm³/mol. The van der Waals surface area contributed by atoms with Crippen LogP contribution in [0.15, 0.2) is 41.0 Å². The fourth-order valence-corrected chi connectivity index (χ4v) is 5.09. The van der Waals surface area contributed by atoms with E-state index in [0.29, 0.717) is 48.2 Å². The van der Waals surface area contributed by atoms with Gasteiger partial charge in [-0.15, -0.1) is 0 Å². The largest absolute Gasteiger partial charge is 0.383 e. The number of rotatable bonds is 15. The van der Waals surface area contributed by atoms with E-state index in [1.165, 1.54) is 36.5 Å². The van der Waals surface area contributed by atoms with Crippen molar-refractivity contribution in [3.8, 4) is 0 Å². The average molecular weight is 575 g/mol. The van der Waals surface area contributed by atoms with Crippen molar-refractivity contribution < 1.29 is 9.55 Å². The molecule has 0 unspecified atom stereocenters. The van der Waals surface area contributed by atoms with Gasteiger partial charge in [0.25, 0.3) is 0 Å². The van der Waals surface area contributed by atoms with Crippen LogP contribution in [0.1, 0.15) is 68.9 Å². The van der Waals surface area contributed by atoms with Crippen molar-refractivity contribution in [3.05, 3.63) is 57.6 Å². The maximum absolute atomic E-state index is 11.2. The lowest BCUT2D eigenvalue weighted by molar-refractivity contribution is -0.383. The zero-order valence-electron chi connectivity index (χ0n) is 23.9. The van der Waals surface area contributed by atoms with Gasteiger partial charge < -0.3 is 21.3 Å². The summed E-state index contributed by atoms with van der Waals surface area (Å²) in [4.78, 5) is 24.6. The number of non-ortho nitro benzene ring substituents is 1. The molecule has 1 aliphatic carbocycles. The molecule has 5 rings (SSSR count). The van der Waals surface area contributed by atoms with Crippen LogP contribution in [0.5, 0.6) is 0 Å². The first-order valence-corrected chi connectivity index (χ1v) is 14.7. The van der Waals surface area contributed by atoms with Gasteiger partial charge in [0.2, 0.25) is 23.4 Å². The number of unbranched alkanes of at least 4 members (excludes halogenated alkanes) is 3. The fourth-order valence-electron chi connectivity index (χ4n) is 5.09. The van der Waals surface area contributed by atoms with Gasteiger partial charge in [-0.3, -0.25) is 10.1 Å². The second kappa shape index (κ2) is 14.4. The standard InChI is InChI=1S/C29H38N10O3/c1-20-11-13-21(14-12-20)19-32-28-34-27(35-29(36-28)33-22-9-5-4-6-10-22)31-18-8-3-2-7-17-30-23-15-16-24(39(40)41)26-25(23)37-42-38-26/h11-16,22,30H,2-10,17-19H2,1H3,(H3,31,32,33,34,35,36). The van der Waals surface area contributed by atoms with Crippen LogP contribution in [0.2, 0.25) is 0 Å². The molecule has 2 heterocycles. The average Bonchev–Trinajstić information content (AvgIpc) is 3.49. The normalized spacial score (nSPS) is 13.6. The molecule has 0 atom stereocenters. The van der Waals surface area contributed by atoms with Crippen LogP contribution in [-0.2, 0) is 6.54 Å². The topological polar surface area (TPSA) is 169 Å². The molecule has 1 aliphatic rings. The van der Waals surface area contributed by atoms with E-state index in [1.807, 2.05) is 0 Å². The highest BCUT2D eigenvalue weighted by molar-refractivity contribution is 5.93. The zero-order chi connectivity index (χ0) is 29.1. The van der Waals surface area contributed by atoms with Crippen molar-refractivity contribution in [2.45, 2.75) is 77.3 Å². The molecule has 0 bridgehead atoms. The zero-order valence-corrected chi connectivity index (χ0v) is 23.9. The monoisotopic (exact) mass is 574 g/mol. The molecule has 42 heavy (non-hydrogen) atoms. The highest BCUT2D eigenvalue weighted by Crippen LogP contribution is 2.28. The lowest BCUT2D eigenvalue weighted by atomic mass is 9.96. The summed E-state index contributed by atoms with van der Waals surface area (Å²) >= 11 is 0. The van der Waals surface area contributed by atoms with Gasteiger partial charge in [0.15, 0.2) is 5.52 Å². The molecular weight excluding hydrogens is 536 g/mol. The number of anilines is 4. The van der Waals surface area contributed by atoms with E-state index in [1.54, 1.807) is 6.07 Å². The van der Waals surface area contributed by atoms with Gasteiger partial charge >= 0.3 is 5.69 Å². The van der Waals surface area contributed by atoms with E-state index in [2.05, 4.69) is 77.7 Å². The van der Waals surface area contributed by atoms with Gasteiger partial charge in [0.1, 0.15) is 0 Å². The number of aromatic nitrogens is 5. The SMILES string of the molecule is Cc1ccc(CNc2nc(NCCCCCCNc3ccc([N+](=O)[O-])c4nonc34)nc(NC3CCCCC3)n2)cc1. The second-order valence-corrected chi connectivity index (χ2v) is 10.7. The highest BCUT2D eigenvalue weighted by Gasteiger charge is 2.19. The van der Waals surface area contributed by atoms with Crippen molar-refractivity contribution in [3.63, 3.8) is 0 Å². The summed E-state index contributed by atoms with van der Waals surface area (Å²) in [7, 11) is 0. The number of nitrogens with one attached hydrogen (secondary N) is 4. The smallest absolute Gasteiger partial charge is 0.300 e. The van der Waals surface area contributed by atoms with Gasteiger partial charge in [-0.1, -0.05) is 61.9 Å². The minimum Gasteiger partial charge on any atom is -0.383 e. The van der Waals surface area contributed by atoms with Crippen LogP contribution in [0.3, 0.4) is 0 Å². The van der Waals surface area contributed by atoms with Crippen molar-refractivity contribution in [2.75, 3.05) is 34.4 Å². The summed E-state index contributed by atoms with van der Waals surface area (Å²) in [6.07, 6.45) is 10.0. The summed E-state index contributed by atoms with van der Waals surface area (Å²) in [5, 5.41) is 32.2. The quantitative estimate of drug-likeness (QED) is 0.0736. The van der Waals surface area contributed by atoms with Gasteiger partial charge in [0.05, 0.1) is 10.6 Å². The number of hydrogen-bond acceptors (Lipinski definition) is 12. The Labute approximate surface area is 244 Å². The van der Waals surface area contributed by atoms with Gasteiger partial charge in [-0.05, 0) is 54.6 Å². The Morgan fingerprint density at radius 1 is 0.810 bits per heavy atom. The summed E-state index contributed by atoms with van der Waals surface area (Å²) in [6, 6.07) is 11.9. The van der Waals surface area contributed by atoms with Crippen LogP contribution in [0, 0.1) is 17.0 Å². The third kappa shape index (κ3) is 8.02. The van der Waals surface area contributed by atoms with Crippen molar-refractivity contribution in [2.24, 2.45) is 0 Å². The van der Waals surface area contributed by atoms with Crippen molar-refractivity contribution >= 4 is 40.3 Å². The number of nitrogens with zero attached hydrogens (tertiary/aromatic N) is 6. The summed E-state index contributed by atoms with van der Waals surface area (Å²) in [5.41, 5.74) is 3.49. The van der Waals surface area contributed by atoms with E-state index in [0.717, 1.165) is 45.1 Å². The molecule has 2 aromatic heterocycles. The lowest BCUT2D eigenvalue weighted by Crippen LogP contribution is -2.24. The number of nitro groups is 1. The molecule has 4 aromatic rings. The molecule has 0 saturated heterocycles. The predicted octanol–water partition coefficient (Wildman–Crippen LogP) is 6.07. The molecule has 13 heteroatoms. The first kappa shape index (κ1) is 29.0. The molecule has 0 amide bonds. The highest BCUT2D eigenvalue weighted by atomic mass is 16.6. The van der Waals surface area contributed by atoms with Crippen LogP contribution >= 0.6 is 0 Å². The lowest BCUT2D eigenvalue weighted by Gasteiger charge is -2.23. The van der Waals surface area contributed by atoms with E-state index < -0.39 is 4.92 Å². The molecule has 2 aromatic carbocycles. The number of benzene rings is 2. The molecule has 0 aliphatic heterocycles.